The number of hydrogen-bond acceptors (Lipinski definition) is 10. The van der Waals surface area contributed by atoms with E-state index in [2.05, 4.69) is 25.4 Å². The van der Waals surface area contributed by atoms with Gasteiger partial charge in [0.1, 0.15) is 6.61 Å². The first kappa shape index (κ1) is 44.7. The van der Waals surface area contributed by atoms with E-state index in [-0.39, 0.29) is 43.8 Å². The van der Waals surface area contributed by atoms with Gasteiger partial charge in [0, 0.05) is 67.7 Å². The van der Waals surface area contributed by atoms with Gasteiger partial charge in [-0.15, -0.1) is 0 Å². The summed E-state index contributed by atoms with van der Waals surface area (Å²) in [6.45, 7) is 10.8. The summed E-state index contributed by atoms with van der Waals surface area (Å²) < 4.78 is 61.5. The normalized spacial score (nSPS) is 13.2. The molecule has 1 aliphatic heterocycles. The lowest BCUT2D eigenvalue weighted by Crippen LogP contribution is -2.37. The molecule has 3 aromatic carbocycles. The second kappa shape index (κ2) is 22.7. The maximum Gasteiger partial charge on any atom is 0.416 e. The molecule has 1 aromatic heterocycles. The Morgan fingerprint density at radius 3 is 2.34 bits per heavy atom. The summed E-state index contributed by atoms with van der Waals surface area (Å²) in [7, 11) is 0. The molecular formula is C44H52F3N5O7. The summed E-state index contributed by atoms with van der Waals surface area (Å²) in [5.74, 6) is -1.09. The van der Waals surface area contributed by atoms with Gasteiger partial charge in [-0.2, -0.15) is 13.2 Å². The average Bonchev–Trinajstić information content (AvgIpc) is 3.25. The fraction of sp³-hybridized carbons (Fsp3) is 0.409. The first-order chi connectivity index (χ1) is 28.5. The van der Waals surface area contributed by atoms with Crippen LogP contribution in [0.2, 0.25) is 0 Å². The molecule has 1 saturated heterocycles. The van der Waals surface area contributed by atoms with Crippen molar-refractivity contribution in [2.75, 3.05) is 82.6 Å². The van der Waals surface area contributed by atoms with Crippen LogP contribution >= 0.6 is 0 Å². The zero-order valence-corrected chi connectivity index (χ0v) is 33.5. The molecule has 2 heterocycles. The fourth-order valence-electron chi connectivity index (χ4n) is 6.46. The standard InChI is InChI=1S/C44H52F3N5O7/c1-3-52(4-2)37-13-14-39(38(29-37)40-28-35(15-16-48-40)42(54)49-30-32-8-6-11-36(27-32)44(45,46)47)50-43(55)34-10-5-9-33(26-34)31-58-23-22-57-24-25-59-41(53)12-7-17-51-18-20-56-21-19-51/h5-6,8-11,13-16,26-29H,3-4,7,12,17-25,30-31H2,1-2H3,(H,49,54)(H,50,55). The number of esters is 1. The molecule has 0 atom stereocenters. The number of ether oxygens (including phenoxy) is 4. The number of aromatic nitrogens is 1. The molecule has 1 aliphatic rings. The lowest BCUT2D eigenvalue weighted by Gasteiger charge is -2.26. The first-order valence-corrected chi connectivity index (χ1v) is 19.8. The van der Waals surface area contributed by atoms with Crippen LogP contribution in [0.25, 0.3) is 11.3 Å². The molecule has 15 heteroatoms. The number of benzene rings is 3. The third-order valence-electron chi connectivity index (χ3n) is 9.66. The third kappa shape index (κ3) is 14.2. The molecule has 316 valence electrons. The summed E-state index contributed by atoms with van der Waals surface area (Å²) in [6, 6.07) is 20.6. The lowest BCUT2D eigenvalue weighted by atomic mass is 10.0. The van der Waals surface area contributed by atoms with Gasteiger partial charge in [-0.3, -0.25) is 24.3 Å². The number of rotatable bonds is 21. The molecule has 2 amide bonds. The monoisotopic (exact) mass is 819 g/mol. The summed E-state index contributed by atoms with van der Waals surface area (Å²) >= 11 is 0. The van der Waals surface area contributed by atoms with Crippen molar-refractivity contribution in [2.45, 2.75) is 46.0 Å². The smallest absolute Gasteiger partial charge is 0.416 e. The highest BCUT2D eigenvalue weighted by molar-refractivity contribution is 6.06. The first-order valence-electron chi connectivity index (χ1n) is 19.8. The number of alkyl halides is 3. The van der Waals surface area contributed by atoms with Crippen molar-refractivity contribution in [1.82, 2.24) is 15.2 Å². The number of pyridine rings is 1. The van der Waals surface area contributed by atoms with E-state index < -0.39 is 17.6 Å². The predicted molar refractivity (Wildman–Crippen MR) is 218 cm³/mol. The predicted octanol–water partition coefficient (Wildman–Crippen LogP) is 6.98. The van der Waals surface area contributed by atoms with E-state index in [0.717, 1.165) is 75.7 Å². The Morgan fingerprint density at radius 2 is 1.56 bits per heavy atom. The largest absolute Gasteiger partial charge is 0.463 e. The summed E-state index contributed by atoms with van der Waals surface area (Å²) in [6.07, 6.45) is -1.91. The zero-order valence-electron chi connectivity index (χ0n) is 33.5. The molecule has 4 aromatic rings. The second-order valence-corrected chi connectivity index (χ2v) is 13.8. The Bertz CT molecular complexity index is 1990. The van der Waals surface area contributed by atoms with E-state index in [4.69, 9.17) is 18.9 Å². The number of halogens is 3. The Balaban J connectivity index is 1.14. The van der Waals surface area contributed by atoms with E-state index in [9.17, 15) is 27.6 Å². The number of amides is 2. The van der Waals surface area contributed by atoms with Gasteiger partial charge >= 0.3 is 12.1 Å². The minimum Gasteiger partial charge on any atom is -0.463 e. The van der Waals surface area contributed by atoms with Gasteiger partial charge in [-0.25, -0.2) is 0 Å². The number of hydrogen-bond donors (Lipinski definition) is 2. The highest BCUT2D eigenvalue weighted by Crippen LogP contribution is 2.33. The molecule has 0 unspecified atom stereocenters. The second-order valence-electron chi connectivity index (χ2n) is 13.8. The van der Waals surface area contributed by atoms with Crippen LogP contribution in [0.15, 0.2) is 85.1 Å². The van der Waals surface area contributed by atoms with Gasteiger partial charge in [-0.05, 0) is 92.5 Å². The molecule has 0 aliphatic carbocycles. The molecule has 0 spiro atoms. The minimum atomic E-state index is -4.49. The van der Waals surface area contributed by atoms with Gasteiger partial charge < -0.3 is 34.5 Å². The number of carbonyl (C=O) groups excluding carboxylic acids is 3. The summed E-state index contributed by atoms with van der Waals surface area (Å²) in [5.41, 5.74) is 3.31. The van der Waals surface area contributed by atoms with Crippen LogP contribution < -0.4 is 15.5 Å². The fourth-order valence-corrected chi connectivity index (χ4v) is 6.46. The molecule has 1 fully saturated rings. The van der Waals surface area contributed by atoms with Crippen LogP contribution in [0, 0.1) is 0 Å². The Kier molecular flexibility index (Phi) is 17.2. The van der Waals surface area contributed by atoms with Crippen molar-refractivity contribution in [1.29, 1.82) is 0 Å². The molecule has 12 nitrogen and oxygen atoms in total. The maximum atomic E-state index is 13.6. The van der Waals surface area contributed by atoms with Crippen LogP contribution in [0.3, 0.4) is 0 Å². The molecule has 2 N–H and O–H groups in total. The number of anilines is 2. The van der Waals surface area contributed by atoms with Crippen molar-refractivity contribution < 1.29 is 46.5 Å². The van der Waals surface area contributed by atoms with Gasteiger partial charge in [0.15, 0.2) is 0 Å². The average molecular weight is 820 g/mol. The van der Waals surface area contributed by atoms with Gasteiger partial charge in [0.2, 0.25) is 0 Å². The minimum absolute atomic E-state index is 0.105. The summed E-state index contributed by atoms with van der Waals surface area (Å²) in [5, 5.41) is 5.70. The summed E-state index contributed by atoms with van der Waals surface area (Å²) in [4.78, 5) is 47.8. The van der Waals surface area contributed by atoms with Crippen LogP contribution in [-0.2, 0) is 43.1 Å². The highest BCUT2D eigenvalue weighted by Gasteiger charge is 2.30. The van der Waals surface area contributed by atoms with Crippen molar-refractivity contribution in [3.05, 3.63) is 113 Å². The molecule has 0 saturated carbocycles. The molecule has 5 rings (SSSR count). The van der Waals surface area contributed by atoms with E-state index in [1.54, 1.807) is 30.3 Å². The van der Waals surface area contributed by atoms with Gasteiger partial charge in [-0.1, -0.05) is 24.3 Å². The molecule has 0 radical (unpaired) electrons. The Hall–Kier alpha value is -5.35. The number of nitrogens with one attached hydrogen (secondary N) is 2. The van der Waals surface area contributed by atoms with E-state index in [0.29, 0.717) is 47.7 Å². The van der Waals surface area contributed by atoms with E-state index in [1.807, 2.05) is 32.0 Å². The third-order valence-corrected chi connectivity index (χ3v) is 9.66. The maximum absolute atomic E-state index is 13.6. The molecular weight excluding hydrogens is 768 g/mol. The lowest BCUT2D eigenvalue weighted by molar-refractivity contribution is -0.145. The number of morpholine rings is 1. The van der Waals surface area contributed by atoms with Gasteiger partial charge in [0.05, 0.1) is 56.6 Å². The Morgan fingerprint density at radius 1 is 0.831 bits per heavy atom. The van der Waals surface area contributed by atoms with Gasteiger partial charge in [0.25, 0.3) is 11.8 Å². The SMILES string of the molecule is CCN(CC)c1ccc(NC(=O)c2cccc(COCCOCCOC(=O)CCCN3CCOCC3)c2)c(-c2cc(C(=O)NCc3cccc(C(F)(F)F)c3)ccn2)c1. The quantitative estimate of drug-likeness (QED) is 0.0671. The number of nitrogens with zero attached hydrogens (tertiary/aromatic N) is 3. The van der Waals surface area contributed by atoms with Crippen LogP contribution in [0.4, 0.5) is 24.5 Å². The van der Waals surface area contributed by atoms with Crippen LogP contribution in [-0.4, -0.2) is 100 Å². The Labute approximate surface area is 343 Å². The van der Waals surface area contributed by atoms with Crippen LogP contribution in [0.5, 0.6) is 0 Å². The van der Waals surface area contributed by atoms with E-state index in [1.165, 1.54) is 24.4 Å². The zero-order chi connectivity index (χ0) is 42.0. The van der Waals surface area contributed by atoms with Crippen LogP contribution in [0.1, 0.15) is 64.1 Å². The van der Waals surface area contributed by atoms with Crippen molar-refractivity contribution in [3.8, 4) is 11.3 Å². The van der Waals surface area contributed by atoms with Crippen molar-refractivity contribution in [3.63, 3.8) is 0 Å². The molecule has 0 bridgehead atoms. The van der Waals surface area contributed by atoms with E-state index >= 15 is 0 Å². The van der Waals surface area contributed by atoms with Crippen molar-refractivity contribution in [2.24, 2.45) is 0 Å². The highest BCUT2D eigenvalue weighted by atomic mass is 19.4. The van der Waals surface area contributed by atoms with Crippen molar-refractivity contribution >= 4 is 29.2 Å². The topological polar surface area (TPSA) is 132 Å². The molecule has 59 heavy (non-hydrogen) atoms. The number of carbonyl (C=O) groups is 3.